The zero-order chi connectivity index (χ0) is 23.1. The van der Waals surface area contributed by atoms with Gasteiger partial charge in [0.1, 0.15) is 17.1 Å². The van der Waals surface area contributed by atoms with E-state index >= 15 is 0 Å². The quantitative estimate of drug-likeness (QED) is 0.381. The van der Waals surface area contributed by atoms with E-state index < -0.39 is 23.6 Å². The second-order valence-electron chi connectivity index (χ2n) is 7.54. The highest BCUT2D eigenvalue weighted by molar-refractivity contribution is 6.42. The lowest BCUT2D eigenvalue weighted by Crippen LogP contribution is -2.35. The lowest BCUT2D eigenvalue weighted by Gasteiger charge is -2.19. The first kappa shape index (κ1) is 21.4. The van der Waals surface area contributed by atoms with Gasteiger partial charge in [-0.05, 0) is 48.0 Å². The van der Waals surface area contributed by atoms with Crippen LogP contribution in [0.5, 0.6) is 11.5 Å². The fourth-order valence-corrected chi connectivity index (χ4v) is 4.32. The molecular weight excluding hydrogens is 465 g/mol. The number of ether oxygens (including phenoxy) is 2. The molecule has 1 N–H and O–H groups in total. The number of anilines is 1. The summed E-state index contributed by atoms with van der Waals surface area (Å²) in [7, 11) is 1.57. The Morgan fingerprint density at radius 1 is 1.00 bits per heavy atom. The van der Waals surface area contributed by atoms with Gasteiger partial charge in [0.05, 0.1) is 34.0 Å². The SMILES string of the molecule is COc1ccc(C2c3c(c4ccccc4oc3=O)OC2C(=O)Nc2ccc(Cl)c(Cl)c2)cc1. The first-order valence-corrected chi connectivity index (χ1v) is 10.8. The number of fused-ring (bicyclic) bond motifs is 3. The Morgan fingerprint density at radius 2 is 1.76 bits per heavy atom. The molecule has 1 amide bonds. The topological polar surface area (TPSA) is 77.8 Å². The zero-order valence-corrected chi connectivity index (χ0v) is 18.8. The fourth-order valence-electron chi connectivity index (χ4n) is 4.02. The van der Waals surface area contributed by atoms with E-state index in [4.69, 9.17) is 37.1 Å². The van der Waals surface area contributed by atoms with Crippen LogP contribution in [0, 0.1) is 0 Å². The number of rotatable bonds is 4. The van der Waals surface area contributed by atoms with Crippen molar-refractivity contribution >= 4 is 45.8 Å². The van der Waals surface area contributed by atoms with E-state index in [1.54, 1.807) is 67.8 Å². The van der Waals surface area contributed by atoms with Crippen molar-refractivity contribution in [3.8, 4) is 11.5 Å². The van der Waals surface area contributed by atoms with E-state index in [1.165, 1.54) is 0 Å². The second kappa shape index (κ2) is 8.46. The molecule has 0 spiro atoms. The zero-order valence-electron chi connectivity index (χ0n) is 17.3. The number of hydrogen-bond acceptors (Lipinski definition) is 5. The predicted octanol–water partition coefficient (Wildman–Crippen LogP) is 5.64. The average Bonchev–Trinajstić information content (AvgIpc) is 3.23. The van der Waals surface area contributed by atoms with Crippen molar-refractivity contribution in [3.63, 3.8) is 0 Å². The minimum absolute atomic E-state index is 0.299. The smallest absolute Gasteiger partial charge is 0.344 e. The van der Waals surface area contributed by atoms with Crippen molar-refractivity contribution in [2.45, 2.75) is 12.0 Å². The van der Waals surface area contributed by atoms with Gasteiger partial charge in [-0.25, -0.2) is 4.79 Å². The number of nitrogens with one attached hydrogen (secondary N) is 1. The van der Waals surface area contributed by atoms with Crippen molar-refractivity contribution in [1.29, 1.82) is 0 Å². The summed E-state index contributed by atoms with van der Waals surface area (Å²) in [6.07, 6.45) is -1.02. The van der Waals surface area contributed by atoms with E-state index in [0.29, 0.717) is 49.3 Å². The number of methoxy groups -OCH3 is 1. The maximum Gasteiger partial charge on any atom is 0.344 e. The molecule has 2 heterocycles. The Kier molecular flexibility index (Phi) is 5.48. The third kappa shape index (κ3) is 3.81. The Labute approximate surface area is 198 Å². The third-order valence-electron chi connectivity index (χ3n) is 5.58. The Balaban J connectivity index is 1.61. The van der Waals surface area contributed by atoms with Gasteiger partial charge in [-0.1, -0.05) is 47.5 Å². The largest absolute Gasteiger partial charge is 0.497 e. The lowest BCUT2D eigenvalue weighted by molar-refractivity contribution is -0.122. The maximum atomic E-state index is 13.4. The van der Waals surface area contributed by atoms with E-state index in [2.05, 4.69) is 5.32 Å². The van der Waals surface area contributed by atoms with Crippen LogP contribution in [0.2, 0.25) is 10.0 Å². The van der Waals surface area contributed by atoms with Gasteiger partial charge in [-0.2, -0.15) is 0 Å². The van der Waals surface area contributed by atoms with Gasteiger partial charge in [-0.15, -0.1) is 0 Å². The summed E-state index contributed by atoms with van der Waals surface area (Å²) in [4.78, 5) is 26.4. The van der Waals surface area contributed by atoms with Crippen molar-refractivity contribution in [2.24, 2.45) is 0 Å². The summed E-state index contributed by atoms with van der Waals surface area (Å²) in [5.41, 5.74) is 1.31. The van der Waals surface area contributed by atoms with E-state index in [0.717, 1.165) is 0 Å². The van der Waals surface area contributed by atoms with E-state index in [9.17, 15) is 9.59 Å². The van der Waals surface area contributed by atoms with Crippen LogP contribution in [0.15, 0.2) is 75.9 Å². The molecule has 0 bridgehead atoms. The molecule has 1 aliphatic rings. The molecule has 0 saturated heterocycles. The van der Waals surface area contributed by atoms with E-state index in [1.807, 2.05) is 6.07 Å². The highest BCUT2D eigenvalue weighted by Gasteiger charge is 2.44. The summed E-state index contributed by atoms with van der Waals surface area (Å²) >= 11 is 12.1. The monoisotopic (exact) mass is 481 g/mol. The summed E-state index contributed by atoms with van der Waals surface area (Å²) < 4.78 is 16.9. The first-order chi connectivity index (χ1) is 16.0. The molecule has 3 aromatic carbocycles. The second-order valence-corrected chi connectivity index (χ2v) is 8.35. The molecule has 6 nitrogen and oxygen atoms in total. The van der Waals surface area contributed by atoms with Crippen LogP contribution in [0.25, 0.3) is 11.0 Å². The summed E-state index contributed by atoms with van der Waals surface area (Å²) in [5.74, 6) is -0.124. The molecule has 1 aromatic heterocycles. The van der Waals surface area contributed by atoms with E-state index in [-0.39, 0.29) is 0 Å². The molecule has 166 valence electrons. The van der Waals surface area contributed by atoms with Crippen LogP contribution in [0.1, 0.15) is 17.0 Å². The fraction of sp³-hybridized carbons (Fsp3) is 0.120. The minimum Gasteiger partial charge on any atom is -0.497 e. The lowest BCUT2D eigenvalue weighted by atomic mass is 9.88. The number of carbonyl (C=O) groups is 1. The van der Waals surface area contributed by atoms with Crippen LogP contribution >= 0.6 is 23.2 Å². The Bertz CT molecular complexity index is 1430. The molecule has 0 fully saturated rings. The number of carbonyl (C=O) groups excluding carboxylic acids is 1. The van der Waals surface area contributed by atoms with Gasteiger partial charge in [0.2, 0.25) is 0 Å². The normalized spacial score (nSPS) is 16.8. The van der Waals surface area contributed by atoms with Crippen LogP contribution in [0.3, 0.4) is 0 Å². The van der Waals surface area contributed by atoms with Gasteiger partial charge in [0, 0.05) is 5.69 Å². The molecule has 4 aromatic rings. The molecule has 0 aliphatic carbocycles. The van der Waals surface area contributed by atoms with Gasteiger partial charge in [0.25, 0.3) is 5.91 Å². The highest BCUT2D eigenvalue weighted by Crippen LogP contribution is 2.44. The molecule has 1 aliphatic heterocycles. The molecule has 2 unspecified atom stereocenters. The molecule has 0 saturated carbocycles. The standard InChI is InChI=1S/C25H17Cl2NO5/c1-31-15-9-6-13(7-10-15)20-21-22(16-4-2-3-5-19(16)32-25(21)30)33-23(20)24(29)28-14-8-11-17(26)18(27)12-14/h2-12,20,23H,1H3,(H,28,29). The molecule has 5 rings (SSSR count). The van der Waals surface area contributed by atoms with Crippen LogP contribution in [0.4, 0.5) is 5.69 Å². The maximum absolute atomic E-state index is 13.4. The third-order valence-corrected chi connectivity index (χ3v) is 6.32. The first-order valence-electron chi connectivity index (χ1n) is 10.1. The number of hydrogen-bond donors (Lipinski definition) is 1. The Hall–Kier alpha value is -3.48. The predicted molar refractivity (Wildman–Crippen MR) is 127 cm³/mol. The van der Waals surface area contributed by atoms with Gasteiger partial charge in [-0.3, -0.25) is 4.79 Å². The van der Waals surface area contributed by atoms with Crippen molar-refractivity contribution in [1.82, 2.24) is 0 Å². The molecule has 2 atom stereocenters. The molecule has 8 heteroatoms. The molecule has 33 heavy (non-hydrogen) atoms. The number of amides is 1. The number of para-hydroxylation sites is 1. The van der Waals surface area contributed by atoms with Gasteiger partial charge < -0.3 is 19.2 Å². The molecule has 0 radical (unpaired) electrons. The van der Waals surface area contributed by atoms with Gasteiger partial charge >= 0.3 is 5.63 Å². The highest BCUT2D eigenvalue weighted by atomic mass is 35.5. The Morgan fingerprint density at radius 3 is 2.48 bits per heavy atom. The molecular formula is C25H17Cl2NO5. The summed E-state index contributed by atoms with van der Waals surface area (Å²) in [6, 6.07) is 19.0. The van der Waals surface area contributed by atoms with Gasteiger partial charge in [0.15, 0.2) is 6.10 Å². The minimum atomic E-state index is -1.02. The average molecular weight is 482 g/mol. The van der Waals surface area contributed by atoms with Crippen molar-refractivity contribution in [3.05, 3.63) is 98.3 Å². The summed E-state index contributed by atoms with van der Waals surface area (Å²) in [6.45, 7) is 0. The van der Waals surface area contributed by atoms with Crippen LogP contribution < -0.4 is 20.4 Å². The summed E-state index contributed by atoms with van der Waals surface area (Å²) in [5, 5.41) is 4.12. The number of halogens is 2. The van der Waals surface area contributed by atoms with Crippen LogP contribution in [-0.4, -0.2) is 19.1 Å². The van der Waals surface area contributed by atoms with Crippen molar-refractivity contribution in [2.75, 3.05) is 12.4 Å². The van der Waals surface area contributed by atoms with Crippen molar-refractivity contribution < 1.29 is 18.7 Å². The van der Waals surface area contributed by atoms with Crippen LogP contribution in [-0.2, 0) is 4.79 Å². The number of benzene rings is 3.